The van der Waals surface area contributed by atoms with Gasteiger partial charge in [-0.05, 0) is 60.9 Å². The molecule has 226 valence electrons. The highest BCUT2D eigenvalue weighted by molar-refractivity contribution is 5.84. The van der Waals surface area contributed by atoms with Gasteiger partial charge in [0.2, 0.25) is 5.82 Å². The van der Waals surface area contributed by atoms with Crippen LogP contribution in [0, 0.1) is 22.7 Å². The summed E-state index contributed by atoms with van der Waals surface area (Å²) < 4.78 is 1.98. The van der Waals surface area contributed by atoms with Gasteiger partial charge < -0.3 is 11.1 Å². The van der Waals surface area contributed by atoms with Gasteiger partial charge in [0.1, 0.15) is 35.5 Å². The fraction of sp³-hybridized carbons (Fsp3) is 0.219. The normalized spacial score (nSPS) is 13.8. The van der Waals surface area contributed by atoms with Gasteiger partial charge in [-0.25, -0.2) is 24.9 Å². The first kappa shape index (κ1) is 28.5. The van der Waals surface area contributed by atoms with E-state index in [1.807, 2.05) is 41.0 Å². The van der Waals surface area contributed by atoms with Crippen LogP contribution in [0.4, 0.5) is 11.6 Å². The molecule has 1 fully saturated rings. The fourth-order valence-corrected chi connectivity index (χ4v) is 5.63. The Morgan fingerprint density at radius 1 is 0.913 bits per heavy atom. The standard InChI is InChI=1S/C32H28N14/c33-12-17-45-38-19-27(43-45)25-7-8-26-32(40-25)46(31(41-26)24-2-1-13-37-30(24)35)23-5-3-21(4-6-23)20-44-15-10-22(11-16-44)39-28-9-14-36-29(18-34)42-28/h1-9,13-14,19,22H,10-11,15-17,20H2,(H2,35,37)(H,36,39,42). The summed E-state index contributed by atoms with van der Waals surface area (Å²) in [4.78, 5) is 26.1. The maximum absolute atomic E-state index is 9.07. The zero-order chi connectivity index (χ0) is 31.5. The minimum atomic E-state index is 0.0546. The van der Waals surface area contributed by atoms with Gasteiger partial charge in [0, 0.05) is 43.8 Å². The van der Waals surface area contributed by atoms with E-state index in [1.165, 1.54) is 10.4 Å². The summed E-state index contributed by atoms with van der Waals surface area (Å²) in [5.74, 6) is 1.86. The second-order valence-corrected chi connectivity index (χ2v) is 10.9. The van der Waals surface area contributed by atoms with Gasteiger partial charge in [0.05, 0.1) is 23.5 Å². The van der Waals surface area contributed by atoms with Crippen LogP contribution in [0.3, 0.4) is 0 Å². The molecule has 1 saturated heterocycles. The number of hydrogen-bond donors (Lipinski definition) is 2. The zero-order valence-corrected chi connectivity index (χ0v) is 24.7. The van der Waals surface area contributed by atoms with Crippen molar-refractivity contribution in [3.8, 4) is 40.6 Å². The predicted molar refractivity (Wildman–Crippen MR) is 170 cm³/mol. The van der Waals surface area contributed by atoms with E-state index in [4.69, 9.17) is 26.2 Å². The van der Waals surface area contributed by atoms with Crippen LogP contribution in [0.15, 0.2) is 73.2 Å². The summed E-state index contributed by atoms with van der Waals surface area (Å²) in [6.45, 7) is 2.77. The van der Waals surface area contributed by atoms with Crippen molar-refractivity contribution in [2.24, 2.45) is 0 Å². The minimum absolute atomic E-state index is 0.0546. The molecule has 0 amide bonds. The molecule has 46 heavy (non-hydrogen) atoms. The van der Waals surface area contributed by atoms with Gasteiger partial charge in [-0.3, -0.25) is 9.47 Å². The highest BCUT2D eigenvalue weighted by atomic mass is 15.5. The molecule has 14 nitrogen and oxygen atoms in total. The van der Waals surface area contributed by atoms with Crippen molar-refractivity contribution in [1.82, 2.24) is 49.4 Å². The number of nitrogen functional groups attached to an aromatic ring is 1. The predicted octanol–water partition coefficient (Wildman–Crippen LogP) is 3.58. The first-order chi connectivity index (χ1) is 22.6. The van der Waals surface area contributed by atoms with Gasteiger partial charge in [-0.2, -0.15) is 25.5 Å². The van der Waals surface area contributed by atoms with E-state index < -0.39 is 0 Å². The molecular formula is C32H28N14. The van der Waals surface area contributed by atoms with Crippen molar-refractivity contribution in [2.45, 2.75) is 32.0 Å². The summed E-state index contributed by atoms with van der Waals surface area (Å²) in [6.07, 6.45) is 6.80. The molecule has 0 unspecified atom stereocenters. The van der Waals surface area contributed by atoms with E-state index in [-0.39, 0.29) is 12.4 Å². The minimum Gasteiger partial charge on any atom is -0.383 e. The maximum atomic E-state index is 9.07. The molecule has 7 rings (SSSR count). The third-order valence-electron chi connectivity index (χ3n) is 7.89. The van der Waals surface area contributed by atoms with Crippen molar-refractivity contribution in [3.05, 3.63) is 84.6 Å². The SMILES string of the molecule is N#CCn1ncc(-c2ccc3nc(-c4cccnc4N)n(-c4ccc(CN5CCC(Nc6ccnc(C#N)n6)CC5)cc4)c3n2)n1. The van der Waals surface area contributed by atoms with Crippen molar-refractivity contribution < 1.29 is 0 Å². The zero-order valence-electron chi connectivity index (χ0n) is 24.7. The topological polar surface area (TPSA) is 189 Å². The van der Waals surface area contributed by atoms with Crippen LogP contribution < -0.4 is 11.1 Å². The van der Waals surface area contributed by atoms with Crippen LogP contribution in [-0.2, 0) is 13.1 Å². The summed E-state index contributed by atoms with van der Waals surface area (Å²) in [6, 6.07) is 22.0. The molecule has 0 radical (unpaired) electrons. The second kappa shape index (κ2) is 12.4. The quantitative estimate of drug-likeness (QED) is 0.256. The van der Waals surface area contributed by atoms with Crippen LogP contribution >= 0.6 is 0 Å². The van der Waals surface area contributed by atoms with Crippen molar-refractivity contribution in [2.75, 3.05) is 24.1 Å². The third-order valence-corrected chi connectivity index (χ3v) is 7.89. The summed E-state index contributed by atoms with van der Waals surface area (Å²) >= 11 is 0. The number of aromatic nitrogens is 9. The molecular weight excluding hydrogens is 580 g/mol. The largest absolute Gasteiger partial charge is 0.383 e. The van der Waals surface area contributed by atoms with Crippen LogP contribution in [-0.4, -0.2) is 68.5 Å². The number of nitrogens with two attached hydrogens (primary N) is 1. The Hall–Kier alpha value is -6.25. The lowest BCUT2D eigenvalue weighted by Crippen LogP contribution is -2.38. The number of nitrogens with one attached hydrogen (secondary N) is 1. The van der Waals surface area contributed by atoms with Gasteiger partial charge in [0.15, 0.2) is 11.5 Å². The van der Waals surface area contributed by atoms with Crippen molar-refractivity contribution >= 4 is 22.8 Å². The van der Waals surface area contributed by atoms with E-state index in [2.05, 4.69) is 59.6 Å². The maximum Gasteiger partial charge on any atom is 0.234 e. The Labute approximate surface area is 263 Å². The van der Waals surface area contributed by atoms with Gasteiger partial charge >= 0.3 is 0 Å². The molecule has 1 aliphatic heterocycles. The number of fused-ring (bicyclic) bond motifs is 1. The number of nitriles is 2. The number of likely N-dealkylation sites (tertiary alicyclic amines) is 1. The molecule has 0 saturated carbocycles. The van der Waals surface area contributed by atoms with E-state index >= 15 is 0 Å². The molecule has 14 heteroatoms. The molecule has 0 spiro atoms. The number of piperidine rings is 1. The van der Waals surface area contributed by atoms with E-state index in [9.17, 15) is 0 Å². The lowest BCUT2D eigenvalue weighted by atomic mass is 10.0. The Kier molecular flexibility index (Phi) is 7.68. The van der Waals surface area contributed by atoms with Crippen LogP contribution in [0.5, 0.6) is 0 Å². The van der Waals surface area contributed by atoms with E-state index in [0.29, 0.717) is 51.6 Å². The van der Waals surface area contributed by atoms with Crippen molar-refractivity contribution in [1.29, 1.82) is 10.5 Å². The number of imidazole rings is 1. The third kappa shape index (κ3) is 5.80. The summed E-state index contributed by atoms with van der Waals surface area (Å²) in [5, 5.41) is 30.1. The molecule has 0 bridgehead atoms. The molecule has 1 aromatic carbocycles. The Bertz CT molecular complexity index is 2090. The average Bonchev–Trinajstić information content (AvgIpc) is 3.71. The number of nitrogens with zero attached hydrogens (tertiary/aromatic N) is 12. The fourth-order valence-electron chi connectivity index (χ4n) is 5.63. The molecule has 1 aliphatic rings. The Balaban J connectivity index is 1.13. The summed E-state index contributed by atoms with van der Waals surface area (Å²) in [5.41, 5.74) is 11.6. The molecule has 0 aliphatic carbocycles. The highest BCUT2D eigenvalue weighted by Crippen LogP contribution is 2.31. The number of hydrogen-bond acceptors (Lipinski definition) is 12. The number of pyridine rings is 2. The lowest BCUT2D eigenvalue weighted by Gasteiger charge is -2.32. The monoisotopic (exact) mass is 608 g/mol. The second-order valence-electron chi connectivity index (χ2n) is 10.9. The van der Waals surface area contributed by atoms with E-state index in [1.54, 1.807) is 24.7 Å². The molecule has 6 heterocycles. The van der Waals surface area contributed by atoms with Crippen LogP contribution in [0.1, 0.15) is 24.2 Å². The molecule has 0 atom stereocenters. The number of anilines is 2. The smallest absolute Gasteiger partial charge is 0.234 e. The summed E-state index contributed by atoms with van der Waals surface area (Å²) in [7, 11) is 0. The number of benzene rings is 1. The van der Waals surface area contributed by atoms with E-state index in [0.717, 1.165) is 38.2 Å². The van der Waals surface area contributed by atoms with Crippen LogP contribution in [0.25, 0.3) is 39.6 Å². The van der Waals surface area contributed by atoms with Gasteiger partial charge in [0.25, 0.3) is 0 Å². The Morgan fingerprint density at radius 3 is 2.54 bits per heavy atom. The lowest BCUT2D eigenvalue weighted by molar-refractivity contribution is 0.211. The van der Waals surface area contributed by atoms with Crippen LogP contribution in [0.2, 0.25) is 0 Å². The van der Waals surface area contributed by atoms with Crippen molar-refractivity contribution in [3.63, 3.8) is 0 Å². The first-order valence-corrected chi connectivity index (χ1v) is 14.8. The van der Waals surface area contributed by atoms with Gasteiger partial charge in [-0.15, -0.1) is 0 Å². The highest BCUT2D eigenvalue weighted by Gasteiger charge is 2.21. The Morgan fingerprint density at radius 2 is 1.76 bits per heavy atom. The average molecular weight is 609 g/mol. The number of rotatable bonds is 8. The molecule has 5 aromatic heterocycles. The molecule has 3 N–H and O–H groups in total. The first-order valence-electron chi connectivity index (χ1n) is 14.8. The molecule has 6 aromatic rings. The van der Waals surface area contributed by atoms with Gasteiger partial charge in [-0.1, -0.05) is 12.1 Å².